The van der Waals surface area contributed by atoms with Crippen molar-refractivity contribution in [2.75, 3.05) is 19.7 Å². The number of carbonyl (C=O) groups is 2. The van der Waals surface area contributed by atoms with Gasteiger partial charge in [0.05, 0.1) is 5.92 Å². The van der Waals surface area contributed by atoms with Gasteiger partial charge in [-0.25, -0.2) is 0 Å². The van der Waals surface area contributed by atoms with Crippen molar-refractivity contribution < 1.29 is 14.3 Å². The van der Waals surface area contributed by atoms with E-state index in [0.717, 1.165) is 37.7 Å². The highest BCUT2D eigenvalue weighted by atomic mass is 16.5. The van der Waals surface area contributed by atoms with Gasteiger partial charge in [0.2, 0.25) is 11.8 Å². The first-order valence-electron chi connectivity index (χ1n) is 9.44. The molecule has 2 fully saturated rings. The lowest BCUT2D eigenvalue weighted by molar-refractivity contribution is -0.134. The van der Waals surface area contributed by atoms with E-state index in [1.165, 1.54) is 0 Å². The molecular formula is C20H28N2O3. The second-order valence-corrected chi connectivity index (χ2v) is 6.98. The van der Waals surface area contributed by atoms with Gasteiger partial charge in [-0.3, -0.25) is 9.59 Å². The minimum atomic E-state index is -0.276. The van der Waals surface area contributed by atoms with Crippen LogP contribution in [0.2, 0.25) is 0 Å². The van der Waals surface area contributed by atoms with E-state index >= 15 is 0 Å². The zero-order valence-corrected chi connectivity index (χ0v) is 14.9. The van der Waals surface area contributed by atoms with Crippen molar-refractivity contribution in [2.45, 2.75) is 57.1 Å². The summed E-state index contributed by atoms with van der Waals surface area (Å²) in [6, 6.07) is 10.2. The zero-order valence-electron chi connectivity index (χ0n) is 14.9. The van der Waals surface area contributed by atoms with E-state index in [1.54, 1.807) is 0 Å². The van der Waals surface area contributed by atoms with Crippen LogP contribution in [-0.4, -0.2) is 48.6 Å². The Kier molecular flexibility index (Phi) is 6.08. The molecule has 3 rings (SSSR count). The van der Waals surface area contributed by atoms with E-state index < -0.39 is 0 Å². The van der Waals surface area contributed by atoms with Gasteiger partial charge in [0, 0.05) is 25.7 Å². The summed E-state index contributed by atoms with van der Waals surface area (Å²) < 4.78 is 5.43. The highest BCUT2D eigenvalue weighted by Crippen LogP contribution is 2.24. The van der Waals surface area contributed by atoms with Crippen LogP contribution >= 0.6 is 0 Å². The number of nitrogens with zero attached hydrogens (tertiary/aromatic N) is 1. The first-order chi connectivity index (χ1) is 12.2. The number of benzene rings is 1. The van der Waals surface area contributed by atoms with Crippen molar-refractivity contribution in [3.05, 3.63) is 35.9 Å². The third kappa shape index (κ3) is 4.40. The van der Waals surface area contributed by atoms with E-state index in [-0.39, 0.29) is 29.9 Å². The number of rotatable bonds is 5. The van der Waals surface area contributed by atoms with Crippen LogP contribution in [0.4, 0.5) is 0 Å². The molecular weight excluding hydrogens is 316 g/mol. The van der Waals surface area contributed by atoms with Gasteiger partial charge < -0.3 is 15.0 Å². The van der Waals surface area contributed by atoms with Gasteiger partial charge in [0.25, 0.3) is 0 Å². The second-order valence-electron chi connectivity index (χ2n) is 6.98. The number of nitrogens with one attached hydrogen (secondary N) is 1. The molecule has 2 atom stereocenters. The van der Waals surface area contributed by atoms with Crippen molar-refractivity contribution in [1.29, 1.82) is 0 Å². The molecule has 0 aliphatic carbocycles. The Balaban J connectivity index is 1.51. The van der Waals surface area contributed by atoms with E-state index in [4.69, 9.17) is 4.74 Å². The van der Waals surface area contributed by atoms with Crippen LogP contribution in [0.3, 0.4) is 0 Å². The molecule has 0 unspecified atom stereocenters. The molecule has 2 heterocycles. The number of piperidine rings is 1. The maximum absolute atomic E-state index is 12.9. The van der Waals surface area contributed by atoms with Gasteiger partial charge in [-0.2, -0.15) is 0 Å². The number of hydrogen-bond acceptors (Lipinski definition) is 3. The predicted molar refractivity (Wildman–Crippen MR) is 96.2 cm³/mol. The maximum atomic E-state index is 12.9. The molecule has 0 aromatic heterocycles. The second kappa shape index (κ2) is 8.48. The Morgan fingerprint density at radius 2 is 1.92 bits per heavy atom. The van der Waals surface area contributed by atoms with Crippen molar-refractivity contribution in [3.63, 3.8) is 0 Å². The first-order valence-corrected chi connectivity index (χ1v) is 9.44. The normalized spacial score (nSPS) is 22.6. The number of carbonyl (C=O) groups excluding carboxylic acids is 2. The SMILES string of the molecule is CC[C@@H](C(=O)N1CCC(NC(=O)[C@@H]2CCCO2)CC1)c1ccccc1. The average Bonchev–Trinajstić information content (AvgIpc) is 3.19. The Morgan fingerprint density at radius 1 is 1.20 bits per heavy atom. The lowest BCUT2D eigenvalue weighted by Crippen LogP contribution is -2.49. The van der Waals surface area contributed by atoms with Crippen LogP contribution in [-0.2, 0) is 14.3 Å². The monoisotopic (exact) mass is 344 g/mol. The fourth-order valence-electron chi connectivity index (χ4n) is 3.78. The first kappa shape index (κ1) is 17.9. The maximum Gasteiger partial charge on any atom is 0.249 e. The van der Waals surface area contributed by atoms with E-state index in [2.05, 4.69) is 12.2 Å². The summed E-state index contributed by atoms with van der Waals surface area (Å²) in [5, 5.41) is 3.09. The summed E-state index contributed by atoms with van der Waals surface area (Å²) in [4.78, 5) is 27.0. The van der Waals surface area contributed by atoms with Crippen LogP contribution in [0.5, 0.6) is 0 Å². The van der Waals surface area contributed by atoms with Crippen molar-refractivity contribution >= 4 is 11.8 Å². The van der Waals surface area contributed by atoms with Gasteiger partial charge in [-0.15, -0.1) is 0 Å². The Morgan fingerprint density at radius 3 is 2.52 bits per heavy atom. The summed E-state index contributed by atoms with van der Waals surface area (Å²) in [6.45, 7) is 4.16. The summed E-state index contributed by atoms with van der Waals surface area (Å²) in [5.41, 5.74) is 1.09. The summed E-state index contributed by atoms with van der Waals surface area (Å²) in [6.07, 6.45) is 3.94. The molecule has 5 heteroatoms. The highest BCUT2D eigenvalue weighted by molar-refractivity contribution is 5.84. The standard InChI is InChI=1S/C20H28N2O3/c1-2-17(15-7-4-3-5-8-15)20(24)22-12-10-16(11-13-22)21-19(23)18-9-6-14-25-18/h3-5,7-8,16-18H,2,6,9-14H2,1H3,(H,21,23)/t17-,18+/m1/s1. The third-order valence-corrected chi connectivity index (χ3v) is 5.28. The van der Waals surface area contributed by atoms with Gasteiger partial charge in [0.15, 0.2) is 0 Å². The van der Waals surface area contributed by atoms with E-state index in [0.29, 0.717) is 19.7 Å². The topological polar surface area (TPSA) is 58.6 Å². The molecule has 1 aromatic rings. The molecule has 25 heavy (non-hydrogen) atoms. The van der Waals surface area contributed by atoms with Crippen LogP contribution in [0, 0.1) is 0 Å². The van der Waals surface area contributed by atoms with Crippen molar-refractivity contribution in [3.8, 4) is 0 Å². The molecule has 2 aliphatic rings. The molecule has 2 saturated heterocycles. The van der Waals surface area contributed by atoms with E-state index in [1.807, 2.05) is 35.2 Å². The highest BCUT2D eigenvalue weighted by Gasteiger charge is 2.30. The zero-order chi connectivity index (χ0) is 17.6. The van der Waals surface area contributed by atoms with Crippen LogP contribution in [0.25, 0.3) is 0 Å². The van der Waals surface area contributed by atoms with Crippen LogP contribution in [0.1, 0.15) is 50.5 Å². The van der Waals surface area contributed by atoms with Gasteiger partial charge in [-0.1, -0.05) is 37.3 Å². The number of ether oxygens (including phenoxy) is 1. The van der Waals surface area contributed by atoms with Crippen molar-refractivity contribution in [2.24, 2.45) is 0 Å². The summed E-state index contributed by atoms with van der Waals surface area (Å²) in [7, 11) is 0. The molecule has 0 spiro atoms. The molecule has 0 radical (unpaired) electrons. The largest absolute Gasteiger partial charge is 0.368 e. The molecule has 0 saturated carbocycles. The number of likely N-dealkylation sites (tertiary alicyclic amines) is 1. The Bertz CT molecular complexity index is 576. The molecule has 1 aromatic carbocycles. The molecule has 5 nitrogen and oxygen atoms in total. The van der Waals surface area contributed by atoms with Crippen LogP contribution in [0.15, 0.2) is 30.3 Å². The molecule has 136 valence electrons. The van der Waals surface area contributed by atoms with Gasteiger partial charge in [0.1, 0.15) is 6.10 Å². The smallest absolute Gasteiger partial charge is 0.249 e. The minimum absolute atomic E-state index is 0.0120. The quantitative estimate of drug-likeness (QED) is 0.893. The predicted octanol–water partition coefficient (Wildman–Crippen LogP) is 2.47. The fraction of sp³-hybridized carbons (Fsp3) is 0.600. The average molecular weight is 344 g/mol. The lowest BCUT2D eigenvalue weighted by atomic mass is 9.93. The minimum Gasteiger partial charge on any atom is -0.368 e. The van der Waals surface area contributed by atoms with Gasteiger partial charge >= 0.3 is 0 Å². The molecule has 0 bridgehead atoms. The Labute approximate surface area is 149 Å². The van der Waals surface area contributed by atoms with Crippen molar-refractivity contribution in [1.82, 2.24) is 10.2 Å². The van der Waals surface area contributed by atoms with Crippen LogP contribution < -0.4 is 5.32 Å². The molecule has 2 amide bonds. The molecule has 2 aliphatic heterocycles. The third-order valence-electron chi connectivity index (χ3n) is 5.28. The number of hydrogen-bond donors (Lipinski definition) is 1. The Hall–Kier alpha value is -1.88. The van der Waals surface area contributed by atoms with Gasteiger partial charge in [-0.05, 0) is 37.7 Å². The summed E-state index contributed by atoms with van der Waals surface area (Å²) in [5.74, 6) is 0.148. The number of amides is 2. The lowest BCUT2D eigenvalue weighted by Gasteiger charge is -2.34. The van der Waals surface area contributed by atoms with E-state index in [9.17, 15) is 9.59 Å². The fourth-order valence-corrected chi connectivity index (χ4v) is 3.78. The molecule has 1 N–H and O–H groups in total. The summed E-state index contributed by atoms with van der Waals surface area (Å²) >= 11 is 0.